The van der Waals surface area contributed by atoms with Crippen LogP contribution in [-0.4, -0.2) is 33.0 Å². The van der Waals surface area contributed by atoms with Gasteiger partial charge in [0.05, 0.1) is 0 Å². The van der Waals surface area contributed by atoms with Gasteiger partial charge in [-0.25, -0.2) is 9.78 Å². The Labute approximate surface area is 109 Å². The molecular weight excluding hydrogens is 248 g/mol. The van der Waals surface area contributed by atoms with E-state index in [0.717, 1.165) is 5.65 Å². The quantitative estimate of drug-likeness (QED) is 0.708. The van der Waals surface area contributed by atoms with Crippen molar-refractivity contribution in [1.82, 2.24) is 14.7 Å². The number of aromatic nitrogens is 2. The fraction of sp³-hybridized carbons (Fsp3) is 0.250. The smallest absolute Gasteiger partial charge is 0.319 e. The van der Waals surface area contributed by atoms with Crippen LogP contribution in [0.4, 0.5) is 10.5 Å². The molecule has 0 aliphatic rings. The molecule has 3 N–H and O–H groups in total. The van der Waals surface area contributed by atoms with E-state index in [1.807, 2.05) is 10.6 Å². The summed E-state index contributed by atoms with van der Waals surface area (Å²) >= 11 is 0. The second-order valence-corrected chi connectivity index (χ2v) is 3.99. The molecule has 7 heteroatoms. The molecule has 0 radical (unpaired) electrons. The molecule has 7 nitrogen and oxygen atoms in total. The highest BCUT2D eigenvalue weighted by Gasteiger charge is 2.03. The maximum atomic E-state index is 11.5. The lowest BCUT2D eigenvalue weighted by Crippen LogP contribution is -2.29. The average molecular weight is 262 g/mol. The summed E-state index contributed by atoms with van der Waals surface area (Å²) < 4.78 is 1.83. The summed E-state index contributed by atoms with van der Waals surface area (Å²) in [5, 5.41) is 13.7. The summed E-state index contributed by atoms with van der Waals surface area (Å²) in [5.74, 6) is -0.869. The summed E-state index contributed by atoms with van der Waals surface area (Å²) in [6.07, 6.45) is 5.72. The molecule has 0 saturated carbocycles. The third-order valence-corrected chi connectivity index (χ3v) is 2.51. The Morgan fingerprint density at radius 3 is 3.00 bits per heavy atom. The van der Waals surface area contributed by atoms with E-state index in [9.17, 15) is 9.59 Å². The molecule has 0 aliphatic heterocycles. The zero-order valence-corrected chi connectivity index (χ0v) is 10.2. The SMILES string of the molecule is O=C(O)CCCNC(=O)Nc1ccn2ccnc2c1. The Morgan fingerprint density at radius 1 is 1.37 bits per heavy atom. The van der Waals surface area contributed by atoms with Crippen LogP contribution in [0.1, 0.15) is 12.8 Å². The van der Waals surface area contributed by atoms with E-state index in [4.69, 9.17) is 5.11 Å². The molecule has 0 atom stereocenters. The maximum Gasteiger partial charge on any atom is 0.319 e. The van der Waals surface area contributed by atoms with Gasteiger partial charge in [0.2, 0.25) is 0 Å². The second-order valence-electron chi connectivity index (χ2n) is 3.99. The molecule has 0 bridgehead atoms. The van der Waals surface area contributed by atoms with Crippen LogP contribution in [0.25, 0.3) is 5.65 Å². The zero-order chi connectivity index (χ0) is 13.7. The third-order valence-electron chi connectivity index (χ3n) is 2.51. The number of nitrogens with zero attached hydrogens (tertiary/aromatic N) is 2. The highest BCUT2D eigenvalue weighted by molar-refractivity contribution is 5.89. The summed E-state index contributed by atoms with van der Waals surface area (Å²) in [6, 6.07) is 3.14. The largest absolute Gasteiger partial charge is 0.481 e. The van der Waals surface area contributed by atoms with Crippen molar-refractivity contribution in [2.45, 2.75) is 12.8 Å². The van der Waals surface area contributed by atoms with Crippen LogP contribution in [0.5, 0.6) is 0 Å². The minimum atomic E-state index is -0.869. The monoisotopic (exact) mass is 262 g/mol. The number of nitrogens with one attached hydrogen (secondary N) is 2. The molecule has 2 rings (SSSR count). The minimum Gasteiger partial charge on any atom is -0.481 e. The number of pyridine rings is 1. The number of carbonyl (C=O) groups is 2. The lowest BCUT2D eigenvalue weighted by molar-refractivity contribution is -0.137. The van der Waals surface area contributed by atoms with Crippen LogP contribution >= 0.6 is 0 Å². The molecule has 0 aliphatic carbocycles. The Morgan fingerprint density at radius 2 is 2.21 bits per heavy atom. The second kappa shape index (κ2) is 5.85. The third kappa shape index (κ3) is 3.70. The molecule has 0 aromatic carbocycles. The van der Waals surface area contributed by atoms with Crippen molar-refractivity contribution in [3.8, 4) is 0 Å². The number of imidazole rings is 1. The summed E-state index contributed by atoms with van der Waals surface area (Å²) in [6.45, 7) is 0.323. The van der Waals surface area contributed by atoms with Crippen LogP contribution in [0.15, 0.2) is 30.7 Å². The minimum absolute atomic E-state index is 0.0420. The number of carboxylic acid groups (broad SMARTS) is 1. The van der Waals surface area contributed by atoms with Crippen molar-refractivity contribution in [3.05, 3.63) is 30.7 Å². The van der Waals surface area contributed by atoms with Gasteiger partial charge in [-0.3, -0.25) is 4.79 Å². The van der Waals surface area contributed by atoms with Crippen LogP contribution in [0, 0.1) is 0 Å². The predicted octanol–water partition coefficient (Wildman–Crippen LogP) is 1.32. The van der Waals surface area contributed by atoms with E-state index in [-0.39, 0.29) is 12.5 Å². The van der Waals surface area contributed by atoms with Crippen LogP contribution < -0.4 is 10.6 Å². The Kier molecular flexibility index (Phi) is 3.97. The van der Waals surface area contributed by atoms with Crippen LogP contribution in [0.2, 0.25) is 0 Å². The predicted molar refractivity (Wildman–Crippen MR) is 69.1 cm³/mol. The first-order valence-corrected chi connectivity index (χ1v) is 5.84. The van der Waals surface area contributed by atoms with Crippen molar-refractivity contribution in [2.75, 3.05) is 11.9 Å². The first kappa shape index (κ1) is 12.9. The van der Waals surface area contributed by atoms with Gasteiger partial charge in [0, 0.05) is 43.3 Å². The average Bonchev–Trinajstić information content (AvgIpc) is 2.82. The Balaban J connectivity index is 1.82. The Hall–Kier alpha value is -2.57. The molecule has 2 aromatic heterocycles. The zero-order valence-electron chi connectivity index (χ0n) is 10.2. The molecule has 0 fully saturated rings. The highest BCUT2D eigenvalue weighted by atomic mass is 16.4. The number of hydrogen-bond donors (Lipinski definition) is 3. The number of aliphatic carboxylic acids is 1. The van der Waals surface area contributed by atoms with Gasteiger partial charge < -0.3 is 20.1 Å². The normalized spacial score (nSPS) is 10.3. The van der Waals surface area contributed by atoms with Crippen molar-refractivity contribution >= 4 is 23.3 Å². The van der Waals surface area contributed by atoms with Gasteiger partial charge in [-0.05, 0) is 12.5 Å². The molecule has 2 amide bonds. The number of amides is 2. The Bertz CT molecular complexity index is 593. The lowest BCUT2D eigenvalue weighted by Gasteiger charge is -2.07. The number of carboxylic acids is 1. The molecule has 0 unspecified atom stereocenters. The van der Waals surface area contributed by atoms with Gasteiger partial charge in [-0.15, -0.1) is 0 Å². The van der Waals surface area contributed by atoms with E-state index in [0.29, 0.717) is 18.7 Å². The first-order valence-electron chi connectivity index (χ1n) is 5.84. The first-order chi connectivity index (χ1) is 9.15. The summed E-state index contributed by atoms with van der Waals surface area (Å²) in [5.41, 5.74) is 1.37. The summed E-state index contributed by atoms with van der Waals surface area (Å²) in [7, 11) is 0. The standard InChI is InChI=1S/C12H14N4O3/c17-11(18)2-1-4-14-12(19)15-9-3-6-16-7-5-13-10(16)8-9/h3,5-8H,1-2,4H2,(H,17,18)(H2,14,15,19). The molecule has 2 heterocycles. The molecule has 0 spiro atoms. The van der Waals surface area contributed by atoms with E-state index < -0.39 is 5.97 Å². The van der Waals surface area contributed by atoms with Crippen molar-refractivity contribution < 1.29 is 14.7 Å². The van der Waals surface area contributed by atoms with Crippen molar-refractivity contribution in [1.29, 1.82) is 0 Å². The number of anilines is 1. The van der Waals surface area contributed by atoms with Gasteiger partial charge in [0.15, 0.2) is 0 Å². The van der Waals surface area contributed by atoms with Crippen LogP contribution in [-0.2, 0) is 4.79 Å². The van der Waals surface area contributed by atoms with Crippen LogP contribution in [0.3, 0.4) is 0 Å². The molecular formula is C12H14N4O3. The van der Waals surface area contributed by atoms with E-state index >= 15 is 0 Å². The molecule has 100 valence electrons. The van der Waals surface area contributed by atoms with Gasteiger partial charge in [-0.2, -0.15) is 0 Å². The molecule has 19 heavy (non-hydrogen) atoms. The number of rotatable bonds is 5. The van der Waals surface area contributed by atoms with Gasteiger partial charge >= 0.3 is 12.0 Å². The van der Waals surface area contributed by atoms with Crippen molar-refractivity contribution in [2.24, 2.45) is 0 Å². The number of hydrogen-bond acceptors (Lipinski definition) is 3. The van der Waals surface area contributed by atoms with Crippen molar-refractivity contribution in [3.63, 3.8) is 0 Å². The van der Waals surface area contributed by atoms with E-state index in [1.54, 1.807) is 24.5 Å². The molecule has 2 aromatic rings. The van der Waals surface area contributed by atoms with Gasteiger partial charge in [0.25, 0.3) is 0 Å². The number of urea groups is 1. The van der Waals surface area contributed by atoms with Gasteiger partial charge in [-0.1, -0.05) is 0 Å². The fourth-order valence-corrected chi connectivity index (χ4v) is 1.60. The fourth-order valence-electron chi connectivity index (χ4n) is 1.60. The maximum absolute atomic E-state index is 11.5. The van der Waals surface area contributed by atoms with E-state index in [2.05, 4.69) is 15.6 Å². The number of carbonyl (C=O) groups excluding carboxylic acids is 1. The van der Waals surface area contributed by atoms with Gasteiger partial charge in [0.1, 0.15) is 5.65 Å². The molecule has 0 saturated heterocycles. The highest BCUT2D eigenvalue weighted by Crippen LogP contribution is 2.10. The lowest BCUT2D eigenvalue weighted by atomic mass is 10.3. The van der Waals surface area contributed by atoms with E-state index in [1.165, 1.54) is 0 Å². The number of fused-ring (bicyclic) bond motifs is 1. The summed E-state index contributed by atoms with van der Waals surface area (Å²) in [4.78, 5) is 25.9. The topological polar surface area (TPSA) is 95.7 Å².